The molecule has 0 aromatic rings. The number of aliphatic hydroxyl groups is 2. The lowest BCUT2D eigenvalue weighted by Gasteiger charge is -2.22. The van der Waals surface area contributed by atoms with Gasteiger partial charge in [0.1, 0.15) is 18.8 Å². The van der Waals surface area contributed by atoms with Gasteiger partial charge in [-0.15, -0.1) is 11.8 Å². The number of ether oxygens (including phenoxy) is 2. The molecule has 0 radical (unpaired) electrons. The van der Waals surface area contributed by atoms with E-state index in [1.807, 2.05) is 18.2 Å². The molecule has 69 heavy (non-hydrogen) atoms. The van der Waals surface area contributed by atoms with Crippen LogP contribution in [0.25, 0.3) is 0 Å². The molecule has 0 aliphatic heterocycles. The van der Waals surface area contributed by atoms with E-state index in [4.69, 9.17) is 34.6 Å². The summed E-state index contributed by atoms with van der Waals surface area (Å²) in [7, 11) is -9.89. The van der Waals surface area contributed by atoms with Gasteiger partial charge in [-0.05, 0) is 77.0 Å². The molecular weight excluding hydrogens is 953 g/mol. The summed E-state index contributed by atoms with van der Waals surface area (Å²) < 4.78 is 48.0. The third-order valence-corrected chi connectivity index (χ3v) is 12.3. The molecular formula is C49H81NO16P2S. The van der Waals surface area contributed by atoms with Crippen LogP contribution < -0.4 is 5.73 Å². The van der Waals surface area contributed by atoms with Gasteiger partial charge in [0, 0.05) is 23.8 Å². The molecule has 0 fully saturated rings. The lowest BCUT2D eigenvalue weighted by atomic mass is 10.1. The van der Waals surface area contributed by atoms with Crippen LogP contribution in [-0.2, 0) is 46.6 Å². The fourth-order valence-corrected chi connectivity index (χ4v) is 8.00. The summed E-state index contributed by atoms with van der Waals surface area (Å²) >= 11 is 1.15. The Morgan fingerprint density at radius 1 is 0.638 bits per heavy atom. The van der Waals surface area contributed by atoms with Crippen molar-refractivity contribution in [2.75, 3.05) is 32.2 Å². The molecule has 1 unspecified atom stereocenters. The van der Waals surface area contributed by atoms with E-state index < -0.39 is 89.6 Å². The number of hydrogen-bond acceptors (Lipinski definition) is 14. The zero-order chi connectivity index (χ0) is 51.4. The summed E-state index contributed by atoms with van der Waals surface area (Å²) in [5.41, 5.74) is 6.16. The molecule has 6 atom stereocenters. The molecule has 0 amide bonds. The molecule has 0 aliphatic carbocycles. The summed E-state index contributed by atoms with van der Waals surface area (Å²) in [4.78, 5) is 64.7. The molecule has 0 saturated heterocycles. The van der Waals surface area contributed by atoms with Gasteiger partial charge >= 0.3 is 33.6 Å². The lowest BCUT2D eigenvalue weighted by molar-refractivity contribution is -0.161. The molecule has 0 aromatic carbocycles. The average molecular weight is 1030 g/mol. The van der Waals surface area contributed by atoms with Crippen molar-refractivity contribution in [2.45, 2.75) is 159 Å². The Balaban J connectivity index is 5.37. The number of phosphoric ester groups is 2. The van der Waals surface area contributed by atoms with E-state index in [0.29, 0.717) is 6.42 Å². The Morgan fingerprint density at radius 3 is 1.83 bits per heavy atom. The van der Waals surface area contributed by atoms with Gasteiger partial charge in [-0.3, -0.25) is 28.0 Å². The molecule has 0 heterocycles. The van der Waals surface area contributed by atoms with Crippen molar-refractivity contribution in [3.8, 4) is 0 Å². The number of esters is 2. The average Bonchev–Trinajstić information content (AvgIpc) is 3.30. The number of rotatable bonds is 44. The van der Waals surface area contributed by atoms with Gasteiger partial charge in [0.25, 0.3) is 0 Å². The molecule has 0 aliphatic rings. The predicted octanol–water partition coefficient (Wildman–Crippen LogP) is 9.43. The number of aliphatic carboxylic acids is 1. The Bertz CT molecular complexity index is 1710. The van der Waals surface area contributed by atoms with Crippen LogP contribution in [0.3, 0.4) is 0 Å². The fourth-order valence-electron chi connectivity index (χ4n) is 5.72. The number of thioether (sulfide) groups is 1. The second-order valence-corrected chi connectivity index (χ2v) is 19.8. The van der Waals surface area contributed by atoms with Gasteiger partial charge < -0.3 is 45.2 Å². The van der Waals surface area contributed by atoms with Gasteiger partial charge in [-0.25, -0.2) is 9.13 Å². The van der Waals surface area contributed by atoms with E-state index in [1.54, 1.807) is 18.2 Å². The van der Waals surface area contributed by atoms with E-state index in [9.17, 15) is 38.6 Å². The van der Waals surface area contributed by atoms with E-state index in [0.717, 1.165) is 76.0 Å². The number of carboxylic acid groups (broad SMARTS) is 1. The number of carboxylic acids is 1. The predicted molar refractivity (Wildman–Crippen MR) is 272 cm³/mol. The van der Waals surface area contributed by atoms with Crippen molar-refractivity contribution in [1.82, 2.24) is 0 Å². The first-order chi connectivity index (χ1) is 33.0. The fraction of sp³-hybridized carbons (Fsp3) is 0.612. The summed E-state index contributed by atoms with van der Waals surface area (Å²) in [6.07, 6.45) is 41.6. The number of nitrogens with two attached hydrogens (primary N) is 1. The van der Waals surface area contributed by atoms with Crippen molar-refractivity contribution in [2.24, 2.45) is 5.73 Å². The van der Waals surface area contributed by atoms with Crippen molar-refractivity contribution in [1.29, 1.82) is 0 Å². The number of carbonyl (C=O) groups excluding carboxylic acids is 2. The van der Waals surface area contributed by atoms with Gasteiger partial charge in [-0.2, -0.15) is 0 Å². The van der Waals surface area contributed by atoms with Crippen LogP contribution in [0.5, 0.6) is 0 Å². The zero-order valence-electron chi connectivity index (χ0n) is 40.5. The molecule has 20 heteroatoms. The molecule has 0 spiro atoms. The Kier molecular flexibility index (Phi) is 41.5. The first-order valence-electron chi connectivity index (χ1n) is 23.9. The topological polar surface area (TPSA) is 279 Å². The van der Waals surface area contributed by atoms with Gasteiger partial charge in [0.2, 0.25) is 0 Å². The summed E-state index contributed by atoms with van der Waals surface area (Å²) in [5.74, 6) is -2.63. The number of phosphoric acid groups is 2. The largest absolute Gasteiger partial charge is 0.481 e. The van der Waals surface area contributed by atoms with Crippen LogP contribution in [0.1, 0.15) is 129 Å². The van der Waals surface area contributed by atoms with Crippen molar-refractivity contribution in [3.63, 3.8) is 0 Å². The van der Waals surface area contributed by atoms with E-state index in [2.05, 4.69) is 83.7 Å². The summed E-state index contributed by atoms with van der Waals surface area (Å²) in [6.45, 7) is 1.00. The summed E-state index contributed by atoms with van der Waals surface area (Å²) in [6, 6.07) is -1.23. The molecule has 394 valence electrons. The van der Waals surface area contributed by atoms with Crippen LogP contribution in [0.4, 0.5) is 0 Å². The first kappa shape index (κ1) is 65.8. The standard InChI is InChI=1S/C49H81NO16P2S/c1-3-5-7-9-11-13-15-17-18-19-20-21-23-25-27-29-31-36-48(55)66-43(40-65-68(60,61)64-38-42(51)37-63-67(57,58)59)39-62-49(56)44(50)41-69-46(45(52)33-32-35-47(53)54)34-30-28-26-24-22-16-14-12-10-8-6-4-2/h5,7,11-14,17-18,20-22,24,26,28,30,34,42-46,51-52H,3-4,6,8-10,15-16,19,23,25,27,29,31-33,35-41,50H2,1-2H3,(H,53,54)(H,60,61)(H2,57,58,59)/b7-5-,13-11-,14-12-,18-17-,21-20-,24-22-,28-26+,34-30+/t42-,43+,44-,45-,46+/m0/s1. The van der Waals surface area contributed by atoms with Crippen molar-refractivity contribution < 1.29 is 76.6 Å². The highest BCUT2D eigenvalue weighted by Gasteiger charge is 2.29. The molecule has 17 nitrogen and oxygen atoms in total. The number of unbranched alkanes of at least 4 members (excludes halogenated alkanes) is 7. The van der Waals surface area contributed by atoms with Gasteiger partial charge in [0.05, 0.1) is 25.9 Å². The van der Waals surface area contributed by atoms with E-state index >= 15 is 0 Å². The zero-order valence-corrected chi connectivity index (χ0v) is 43.1. The molecule has 0 bridgehead atoms. The Hall–Kier alpha value is -3.22. The quantitative estimate of drug-likeness (QED) is 0.00983. The number of allylic oxidation sites excluding steroid dienone is 15. The highest BCUT2D eigenvalue weighted by Crippen LogP contribution is 2.44. The summed E-state index contributed by atoms with van der Waals surface area (Å²) in [5, 5.41) is 29.2. The van der Waals surface area contributed by atoms with Crippen LogP contribution in [0, 0.1) is 0 Å². The first-order valence-corrected chi connectivity index (χ1v) is 27.9. The van der Waals surface area contributed by atoms with E-state index in [1.165, 1.54) is 19.3 Å². The SMILES string of the molecule is CC/C=C\C/C=C\C/C=C\C/C=C\CCCCCCC(=O)O[C@H](COC(=O)[C@@H](N)CS[C@H](/C=C/C=C/C=C\C/C=C\CCCCC)[C@@H](O)CCCC(=O)O)COP(=O)(O)OC[C@@H](O)COP(=O)(O)O. The second-order valence-electron chi connectivity index (χ2n) is 15.9. The molecule has 0 aromatic heterocycles. The number of carbonyl (C=O) groups is 3. The Labute approximate surface area is 414 Å². The minimum Gasteiger partial charge on any atom is -0.481 e. The Morgan fingerprint density at radius 2 is 1.20 bits per heavy atom. The van der Waals surface area contributed by atoms with Crippen molar-refractivity contribution >= 4 is 45.3 Å². The van der Waals surface area contributed by atoms with Crippen LogP contribution >= 0.6 is 27.4 Å². The monoisotopic (exact) mass is 1030 g/mol. The molecule has 0 saturated carbocycles. The van der Waals surface area contributed by atoms with Crippen molar-refractivity contribution in [3.05, 3.63) is 97.2 Å². The normalized spacial score (nSPS) is 15.9. The van der Waals surface area contributed by atoms with E-state index in [-0.39, 0.29) is 31.4 Å². The van der Waals surface area contributed by atoms with Gasteiger partial charge in [0.15, 0.2) is 6.10 Å². The lowest BCUT2D eigenvalue weighted by Crippen LogP contribution is -2.38. The maximum Gasteiger partial charge on any atom is 0.472 e. The second kappa shape index (κ2) is 43.6. The molecule has 8 N–H and O–H groups in total. The number of hydrogen-bond donors (Lipinski definition) is 7. The maximum absolute atomic E-state index is 13.0. The maximum atomic E-state index is 13.0. The molecule has 0 rings (SSSR count). The third kappa shape index (κ3) is 44.5. The van der Waals surface area contributed by atoms with Gasteiger partial charge in [-0.1, -0.05) is 137 Å². The third-order valence-electron chi connectivity index (χ3n) is 9.44. The van der Waals surface area contributed by atoms with Crippen LogP contribution in [-0.4, -0.2) is 110 Å². The van der Waals surface area contributed by atoms with Crippen LogP contribution in [0.2, 0.25) is 0 Å². The highest BCUT2D eigenvalue weighted by molar-refractivity contribution is 8.00. The number of aliphatic hydroxyl groups excluding tert-OH is 2. The highest BCUT2D eigenvalue weighted by atomic mass is 32.2. The minimum atomic E-state index is -4.96. The minimum absolute atomic E-state index is 0.00463. The van der Waals surface area contributed by atoms with Crippen LogP contribution in [0.15, 0.2) is 97.2 Å². The smallest absolute Gasteiger partial charge is 0.472 e.